The fourth-order valence-electron chi connectivity index (χ4n) is 5.12. The number of amides is 2. The quantitative estimate of drug-likeness (QED) is 0.258. The van der Waals surface area contributed by atoms with Crippen LogP contribution >= 0.6 is 0 Å². The lowest BCUT2D eigenvalue weighted by molar-refractivity contribution is -0.130. The van der Waals surface area contributed by atoms with Gasteiger partial charge in [-0.15, -0.1) is 10.2 Å². The highest BCUT2D eigenvalue weighted by molar-refractivity contribution is 6.17. The number of carbonyl (C=O) groups excluding carboxylic acids is 2. The number of hydrogen-bond acceptors (Lipinski definition) is 9. The molecule has 0 radical (unpaired) electrons. The van der Waals surface area contributed by atoms with Crippen LogP contribution in [0.15, 0.2) is 65.7 Å². The smallest absolute Gasteiger partial charge is 0.330 e. The molecule has 6 N–H and O–H groups in total. The summed E-state index contributed by atoms with van der Waals surface area (Å²) in [4.78, 5) is 46.5. The Hall–Kier alpha value is -4.55. The molecule has 5 rings (SSSR count). The van der Waals surface area contributed by atoms with E-state index in [9.17, 15) is 14.4 Å². The second-order valence-electron chi connectivity index (χ2n) is 10.1. The molecule has 4 aromatic rings. The maximum absolute atomic E-state index is 13.8. The lowest BCUT2D eigenvalue weighted by Crippen LogP contribution is -2.50. The number of nitrogens with zero attached hydrogens (tertiary/aromatic N) is 5. The monoisotopic (exact) mass is 541 g/mol. The van der Waals surface area contributed by atoms with Gasteiger partial charge in [-0.3, -0.25) is 9.59 Å². The molecule has 2 aromatic carbocycles. The number of nitrogens with one attached hydrogen (secondary N) is 2. The summed E-state index contributed by atoms with van der Waals surface area (Å²) in [6, 6.07) is 13.4. The van der Waals surface area contributed by atoms with Crippen molar-refractivity contribution in [3.8, 4) is 22.5 Å². The van der Waals surface area contributed by atoms with E-state index in [-0.39, 0.29) is 18.2 Å². The Morgan fingerprint density at radius 3 is 2.45 bits per heavy atom. The number of carbonyl (C=O) groups is 2. The molecule has 1 aliphatic rings. The molecule has 0 saturated heterocycles. The number of benzene rings is 2. The summed E-state index contributed by atoms with van der Waals surface area (Å²) in [6.07, 6.45) is 6.34. The van der Waals surface area contributed by atoms with E-state index in [1.807, 2.05) is 24.3 Å². The number of tetrazole rings is 1. The van der Waals surface area contributed by atoms with Gasteiger partial charge in [-0.25, -0.2) is 14.7 Å². The van der Waals surface area contributed by atoms with E-state index in [1.54, 1.807) is 30.5 Å². The summed E-state index contributed by atoms with van der Waals surface area (Å²) < 4.78 is 0. The predicted octanol–water partition coefficient (Wildman–Crippen LogP) is 1.81. The Kier molecular flexibility index (Phi) is 8.18. The van der Waals surface area contributed by atoms with E-state index in [2.05, 4.69) is 30.6 Å². The normalized spacial score (nSPS) is 17.8. The number of aromatic amines is 2. The maximum atomic E-state index is 13.8. The van der Waals surface area contributed by atoms with E-state index in [1.165, 1.54) is 11.1 Å². The van der Waals surface area contributed by atoms with Crippen LogP contribution in [-0.2, 0) is 16.0 Å². The number of anilines is 1. The summed E-state index contributed by atoms with van der Waals surface area (Å²) in [5.74, 6) is -0.211. The second kappa shape index (κ2) is 12.1. The zero-order chi connectivity index (χ0) is 28.1. The van der Waals surface area contributed by atoms with E-state index in [0.717, 1.165) is 29.5 Å². The molecule has 1 fully saturated rings. The summed E-state index contributed by atoms with van der Waals surface area (Å²) in [5, 5.41) is 14.0. The number of imide groups is 1. The van der Waals surface area contributed by atoms with E-state index in [0.29, 0.717) is 42.4 Å². The van der Waals surface area contributed by atoms with Gasteiger partial charge >= 0.3 is 5.69 Å². The average Bonchev–Trinajstić information content (AvgIpc) is 3.53. The van der Waals surface area contributed by atoms with Crippen molar-refractivity contribution in [3.63, 3.8) is 0 Å². The molecule has 0 spiro atoms. The van der Waals surface area contributed by atoms with Crippen LogP contribution in [0, 0.1) is 11.8 Å². The molecule has 0 bridgehead atoms. The minimum absolute atomic E-state index is 0.216. The van der Waals surface area contributed by atoms with Crippen molar-refractivity contribution in [2.75, 3.05) is 11.4 Å². The van der Waals surface area contributed by atoms with Crippen molar-refractivity contribution in [2.45, 2.75) is 38.1 Å². The predicted molar refractivity (Wildman–Crippen MR) is 149 cm³/mol. The van der Waals surface area contributed by atoms with Crippen molar-refractivity contribution >= 4 is 17.5 Å². The van der Waals surface area contributed by atoms with E-state index in [4.69, 9.17) is 11.5 Å². The van der Waals surface area contributed by atoms with Crippen molar-refractivity contribution in [3.05, 3.63) is 77.0 Å². The third-order valence-electron chi connectivity index (χ3n) is 7.40. The van der Waals surface area contributed by atoms with Crippen LogP contribution in [0.2, 0.25) is 0 Å². The fourth-order valence-corrected chi connectivity index (χ4v) is 5.12. The highest BCUT2D eigenvalue weighted by Crippen LogP contribution is 2.32. The van der Waals surface area contributed by atoms with Crippen LogP contribution in [-0.4, -0.2) is 55.0 Å². The molecule has 0 aliphatic heterocycles. The molecule has 12 heteroatoms. The highest BCUT2D eigenvalue weighted by atomic mass is 16.2. The van der Waals surface area contributed by atoms with Gasteiger partial charge in [0.25, 0.3) is 5.91 Å². The van der Waals surface area contributed by atoms with Crippen LogP contribution in [0.5, 0.6) is 0 Å². The second-order valence-corrected chi connectivity index (χ2v) is 10.1. The SMILES string of the molecule is NCC1CCC(C(=O)N(C(=O)[C@@H](N)Cc2cccc(-c3cnc(=O)[nH]c3)c2)c2ccc(-c3nn[nH]n3)cc2)CC1. The first-order valence-electron chi connectivity index (χ1n) is 13.2. The molecular formula is C28H31N9O3. The fraction of sp³-hybridized carbons (Fsp3) is 0.321. The van der Waals surface area contributed by atoms with Gasteiger partial charge in [0, 0.05) is 29.4 Å². The number of nitrogens with two attached hydrogens (primary N) is 2. The molecule has 2 aromatic heterocycles. The summed E-state index contributed by atoms with van der Waals surface area (Å²) in [6.45, 7) is 0.597. The van der Waals surface area contributed by atoms with Gasteiger partial charge in [-0.1, -0.05) is 24.3 Å². The molecule has 2 heterocycles. The molecule has 40 heavy (non-hydrogen) atoms. The molecule has 1 aliphatic carbocycles. The Morgan fingerprint density at radius 2 is 1.80 bits per heavy atom. The van der Waals surface area contributed by atoms with Gasteiger partial charge < -0.3 is 16.5 Å². The Morgan fingerprint density at radius 1 is 1.02 bits per heavy atom. The van der Waals surface area contributed by atoms with Gasteiger partial charge in [0.05, 0.1) is 11.7 Å². The van der Waals surface area contributed by atoms with Gasteiger partial charge in [0.2, 0.25) is 11.7 Å². The Labute approximate surface area is 230 Å². The molecule has 0 unspecified atom stereocenters. The van der Waals surface area contributed by atoms with Crippen molar-refractivity contribution in [2.24, 2.45) is 23.3 Å². The Balaban J connectivity index is 1.39. The first-order valence-corrected chi connectivity index (χ1v) is 13.2. The zero-order valence-corrected chi connectivity index (χ0v) is 21.9. The number of H-pyrrole nitrogens is 2. The minimum Gasteiger partial charge on any atom is -0.330 e. The Bertz CT molecular complexity index is 1490. The number of hydrogen-bond donors (Lipinski definition) is 4. The largest absolute Gasteiger partial charge is 0.344 e. The van der Waals surface area contributed by atoms with Crippen LogP contribution in [0.25, 0.3) is 22.5 Å². The first-order chi connectivity index (χ1) is 19.4. The van der Waals surface area contributed by atoms with Crippen molar-refractivity contribution in [1.82, 2.24) is 30.6 Å². The van der Waals surface area contributed by atoms with Gasteiger partial charge in [0.15, 0.2) is 0 Å². The lowest BCUT2D eigenvalue weighted by Gasteiger charge is -2.32. The summed E-state index contributed by atoms with van der Waals surface area (Å²) in [7, 11) is 0. The third-order valence-corrected chi connectivity index (χ3v) is 7.40. The topological polar surface area (TPSA) is 190 Å². The molecule has 12 nitrogen and oxygen atoms in total. The van der Waals surface area contributed by atoms with Crippen LogP contribution in [0.4, 0.5) is 5.69 Å². The molecule has 206 valence electrons. The highest BCUT2D eigenvalue weighted by Gasteiger charge is 2.35. The number of rotatable bonds is 8. The molecule has 1 atom stereocenters. The van der Waals surface area contributed by atoms with Crippen LogP contribution in [0.1, 0.15) is 31.2 Å². The van der Waals surface area contributed by atoms with Gasteiger partial charge in [0.1, 0.15) is 0 Å². The average molecular weight is 542 g/mol. The van der Waals surface area contributed by atoms with Crippen LogP contribution in [0.3, 0.4) is 0 Å². The lowest BCUT2D eigenvalue weighted by atomic mass is 9.81. The van der Waals surface area contributed by atoms with Gasteiger partial charge in [-0.2, -0.15) is 5.21 Å². The zero-order valence-electron chi connectivity index (χ0n) is 21.9. The number of aromatic nitrogens is 6. The molecular weight excluding hydrogens is 510 g/mol. The van der Waals surface area contributed by atoms with Crippen molar-refractivity contribution < 1.29 is 9.59 Å². The maximum Gasteiger partial charge on any atom is 0.344 e. The molecule has 1 saturated carbocycles. The summed E-state index contributed by atoms with van der Waals surface area (Å²) in [5.41, 5.74) is 15.4. The third kappa shape index (κ3) is 6.03. The van der Waals surface area contributed by atoms with E-state index < -0.39 is 17.6 Å². The van der Waals surface area contributed by atoms with Gasteiger partial charge in [-0.05, 0) is 85.2 Å². The first kappa shape index (κ1) is 27.0. The molecule has 2 amide bonds. The van der Waals surface area contributed by atoms with E-state index >= 15 is 0 Å². The standard InChI is InChI=1S/C28H31N9O3/c29-14-17-4-6-20(7-5-17)26(38)37(23-10-8-19(9-11-23)25-33-35-36-34-25)27(39)24(30)13-18-2-1-3-21(12-18)22-15-31-28(40)32-16-22/h1-3,8-12,15-17,20,24H,4-7,13-14,29-30H2,(H,31,32,40)(H,33,34,35,36)/t17?,20?,24-/m0/s1. The van der Waals surface area contributed by atoms with Crippen LogP contribution < -0.4 is 22.1 Å². The van der Waals surface area contributed by atoms with Crippen molar-refractivity contribution in [1.29, 1.82) is 0 Å². The summed E-state index contributed by atoms with van der Waals surface area (Å²) >= 11 is 0. The minimum atomic E-state index is -0.967.